The van der Waals surface area contributed by atoms with Crippen molar-refractivity contribution in [1.29, 1.82) is 0 Å². The molecular formula is C16H13N4NaO4S. The zero-order chi connectivity index (χ0) is 18.2. The number of anilines is 2. The molecule has 0 aliphatic heterocycles. The van der Waals surface area contributed by atoms with Gasteiger partial charge < -0.3 is 21.1 Å². The van der Waals surface area contributed by atoms with Crippen molar-refractivity contribution in [2.45, 2.75) is 4.90 Å². The summed E-state index contributed by atoms with van der Waals surface area (Å²) in [6, 6.07) is 11.9. The zero-order valence-corrected chi connectivity index (χ0v) is 16.6. The first-order valence-electron chi connectivity index (χ1n) is 7.04. The summed E-state index contributed by atoms with van der Waals surface area (Å²) >= 11 is 0. The number of benzene rings is 3. The van der Waals surface area contributed by atoms with Crippen LogP contribution in [0.1, 0.15) is 0 Å². The maximum atomic E-state index is 11.6. The predicted molar refractivity (Wildman–Crippen MR) is 93.0 cm³/mol. The molecule has 0 aromatic heterocycles. The van der Waals surface area contributed by atoms with Gasteiger partial charge in [-0.1, -0.05) is 6.07 Å². The van der Waals surface area contributed by atoms with Gasteiger partial charge in [-0.25, -0.2) is 8.42 Å². The molecule has 0 fully saturated rings. The van der Waals surface area contributed by atoms with Crippen molar-refractivity contribution in [3.8, 4) is 5.75 Å². The Morgan fingerprint density at radius 3 is 2.15 bits per heavy atom. The molecule has 26 heavy (non-hydrogen) atoms. The van der Waals surface area contributed by atoms with Gasteiger partial charge in [0.15, 0.2) is 5.75 Å². The average molecular weight is 380 g/mol. The predicted octanol–water partition coefficient (Wildman–Crippen LogP) is 0.0333. The molecule has 0 aliphatic carbocycles. The van der Waals surface area contributed by atoms with Gasteiger partial charge in [-0.2, -0.15) is 5.11 Å². The standard InChI is InChI=1S/C16H14N4O4S.Na/c17-10-3-5-12(6-4-10)19-20-15-14(25(22,23)24)7-9-1-2-11(18)8-13(9)16(15)21;/h1-8,21H,17-18H2,(H,22,23,24);/q;+1/p-1. The number of hydrogen-bond acceptors (Lipinski definition) is 8. The van der Waals surface area contributed by atoms with Gasteiger partial charge in [0, 0.05) is 16.8 Å². The summed E-state index contributed by atoms with van der Waals surface area (Å²) in [5.74, 6) is -0.488. The van der Waals surface area contributed by atoms with Gasteiger partial charge in [-0.05, 0) is 47.9 Å². The van der Waals surface area contributed by atoms with Crippen molar-refractivity contribution in [3.63, 3.8) is 0 Å². The number of nitrogens with zero attached hydrogens (tertiary/aromatic N) is 2. The number of phenolic OH excluding ortho intramolecular Hbond substituents is 1. The number of nitrogen functional groups attached to an aromatic ring is 2. The van der Waals surface area contributed by atoms with E-state index in [0.717, 1.165) is 6.07 Å². The van der Waals surface area contributed by atoms with Crippen LogP contribution in [0.15, 0.2) is 63.7 Å². The van der Waals surface area contributed by atoms with Crippen molar-refractivity contribution >= 4 is 43.6 Å². The van der Waals surface area contributed by atoms with E-state index >= 15 is 0 Å². The van der Waals surface area contributed by atoms with E-state index in [-0.39, 0.29) is 34.9 Å². The van der Waals surface area contributed by atoms with Gasteiger partial charge in [0.05, 0.1) is 10.6 Å². The first-order chi connectivity index (χ1) is 11.8. The third-order valence-electron chi connectivity index (χ3n) is 3.50. The minimum Gasteiger partial charge on any atom is -0.744 e. The molecule has 0 aliphatic rings. The molecule has 5 N–H and O–H groups in total. The largest absolute Gasteiger partial charge is 1.00 e. The average Bonchev–Trinajstić information content (AvgIpc) is 2.55. The molecule has 0 unspecified atom stereocenters. The number of fused-ring (bicyclic) bond motifs is 1. The topological polar surface area (TPSA) is 154 Å². The summed E-state index contributed by atoms with van der Waals surface area (Å²) < 4.78 is 34.7. The van der Waals surface area contributed by atoms with E-state index in [4.69, 9.17) is 11.5 Å². The fraction of sp³-hybridized carbons (Fsp3) is 0. The molecule has 8 nitrogen and oxygen atoms in total. The maximum absolute atomic E-state index is 11.6. The van der Waals surface area contributed by atoms with Crippen LogP contribution in [0, 0.1) is 0 Å². The molecule has 0 saturated heterocycles. The number of nitrogens with two attached hydrogens (primary N) is 2. The Labute approximate surface area is 171 Å². The molecular weight excluding hydrogens is 367 g/mol. The molecule has 0 atom stereocenters. The minimum absolute atomic E-state index is 0. The summed E-state index contributed by atoms with van der Waals surface area (Å²) in [5, 5.41) is 18.6. The zero-order valence-electron chi connectivity index (χ0n) is 13.7. The van der Waals surface area contributed by atoms with Crippen LogP contribution in [0.25, 0.3) is 10.8 Å². The monoisotopic (exact) mass is 380 g/mol. The Kier molecular flexibility index (Phi) is 5.89. The number of rotatable bonds is 3. The van der Waals surface area contributed by atoms with Crippen molar-refractivity contribution in [2.75, 3.05) is 11.5 Å². The van der Waals surface area contributed by atoms with Crippen LogP contribution in [-0.2, 0) is 10.1 Å². The summed E-state index contributed by atoms with van der Waals surface area (Å²) in [4.78, 5) is -0.665. The van der Waals surface area contributed by atoms with Crippen molar-refractivity contribution in [3.05, 3.63) is 48.5 Å². The van der Waals surface area contributed by atoms with E-state index in [1.54, 1.807) is 24.3 Å². The molecule has 3 aromatic rings. The second kappa shape index (κ2) is 7.60. The number of phenols is 1. The second-order valence-corrected chi connectivity index (χ2v) is 6.65. The fourth-order valence-electron chi connectivity index (χ4n) is 2.29. The van der Waals surface area contributed by atoms with Crippen LogP contribution in [0.5, 0.6) is 5.75 Å². The van der Waals surface area contributed by atoms with Crippen LogP contribution in [0.4, 0.5) is 22.7 Å². The maximum Gasteiger partial charge on any atom is 1.00 e. The molecule has 3 rings (SSSR count). The fourth-order valence-corrected chi connectivity index (χ4v) is 2.94. The Morgan fingerprint density at radius 2 is 1.54 bits per heavy atom. The molecule has 0 heterocycles. The Bertz CT molecular complexity index is 1100. The van der Waals surface area contributed by atoms with Gasteiger partial charge in [-0.15, -0.1) is 5.11 Å². The van der Waals surface area contributed by atoms with Crippen molar-refractivity contribution in [1.82, 2.24) is 0 Å². The number of azo groups is 1. The molecule has 0 radical (unpaired) electrons. The van der Waals surface area contributed by atoms with Gasteiger partial charge >= 0.3 is 29.6 Å². The molecule has 10 heteroatoms. The SMILES string of the molecule is Nc1ccc(N=Nc2c(S(=O)(=O)[O-])cc3ccc(N)cc3c2O)cc1.[Na+]. The van der Waals surface area contributed by atoms with E-state index < -0.39 is 26.5 Å². The third-order valence-corrected chi connectivity index (χ3v) is 4.35. The molecule has 0 spiro atoms. The molecule has 0 bridgehead atoms. The van der Waals surface area contributed by atoms with E-state index in [1.807, 2.05) is 0 Å². The second-order valence-electron chi connectivity index (χ2n) is 5.30. The van der Waals surface area contributed by atoms with Gasteiger partial charge in [0.1, 0.15) is 15.8 Å². The smallest absolute Gasteiger partial charge is 0.744 e. The van der Waals surface area contributed by atoms with Crippen LogP contribution in [0.2, 0.25) is 0 Å². The first-order valence-corrected chi connectivity index (χ1v) is 8.45. The Morgan fingerprint density at radius 1 is 0.923 bits per heavy atom. The van der Waals surface area contributed by atoms with E-state index in [0.29, 0.717) is 22.4 Å². The molecule has 3 aromatic carbocycles. The van der Waals surface area contributed by atoms with Gasteiger partial charge in [-0.3, -0.25) is 0 Å². The van der Waals surface area contributed by atoms with Gasteiger partial charge in [0.25, 0.3) is 0 Å². The van der Waals surface area contributed by atoms with Gasteiger partial charge in [0.2, 0.25) is 0 Å². The first kappa shape index (κ1) is 20.1. The molecule has 0 amide bonds. The Hall–Kier alpha value is -2.17. The van der Waals surface area contributed by atoms with Crippen LogP contribution in [0.3, 0.4) is 0 Å². The number of hydrogen-bond donors (Lipinski definition) is 3. The molecule has 0 saturated carbocycles. The van der Waals surface area contributed by atoms with Crippen LogP contribution >= 0.6 is 0 Å². The van der Waals surface area contributed by atoms with E-state index in [1.165, 1.54) is 18.2 Å². The summed E-state index contributed by atoms with van der Waals surface area (Å²) in [7, 11) is -4.88. The minimum atomic E-state index is -4.88. The normalized spacial score (nSPS) is 11.6. The third kappa shape index (κ3) is 4.14. The van der Waals surface area contributed by atoms with Crippen molar-refractivity contribution < 1.29 is 47.6 Å². The van der Waals surface area contributed by atoms with Crippen LogP contribution < -0.4 is 41.0 Å². The van der Waals surface area contributed by atoms with E-state index in [2.05, 4.69) is 10.2 Å². The van der Waals surface area contributed by atoms with Crippen molar-refractivity contribution in [2.24, 2.45) is 10.2 Å². The Balaban J connectivity index is 0.00000243. The van der Waals surface area contributed by atoms with Crippen LogP contribution in [-0.4, -0.2) is 18.1 Å². The number of aromatic hydroxyl groups is 1. The quantitative estimate of drug-likeness (QED) is 0.252. The summed E-state index contributed by atoms with van der Waals surface area (Å²) in [6.07, 6.45) is 0. The molecule has 128 valence electrons. The summed E-state index contributed by atoms with van der Waals surface area (Å²) in [5.41, 5.74) is 12.1. The summed E-state index contributed by atoms with van der Waals surface area (Å²) in [6.45, 7) is 0. The van der Waals surface area contributed by atoms with E-state index in [9.17, 15) is 18.1 Å².